The molecule has 0 bridgehead atoms. The van der Waals surface area contributed by atoms with Crippen molar-refractivity contribution < 1.29 is 9.53 Å². The lowest BCUT2D eigenvalue weighted by Crippen LogP contribution is -2.55. The van der Waals surface area contributed by atoms with Crippen LogP contribution in [0.25, 0.3) is 0 Å². The van der Waals surface area contributed by atoms with Gasteiger partial charge in [0.1, 0.15) is 5.75 Å². The fraction of sp³-hybridized carbons (Fsp3) is 0.417. The lowest BCUT2D eigenvalue weighted by Gasteiger charge is -2.40. The summed E-state index contributed by atoms with van der Waals surface area (Å²) in [5.41, 5.74) is 6.13. The van der Waals surface area contributed by atoms with Gasteiger partial charge in [-0.25, -0.2) is 0 Å². The van der Waals surface area contributed by atoms with Gasteiger partial charge in [0.25, 0.3) is 5.91 Å². The highest BCUT2D eigenvalue weighted by molar-refractivity contribution is 5.99. The molecule has 1 aliphatic heterocycles. The number of nitrogens with zero attached hydrogens (tertiary/aromatic N) is 1. The number of hydrogen-bond donors (Lipinski definition) is 1. The van der Waals surface area contributed by atoms with Gasteiger partial charge in [-0.15, -0.1) is 0 Å². The Hall–Kier alpha value is -1.55. The Morgan fingerprint density at radius 1 is 1.44 bits per heavy atom. The molecule has 1 aromatic rings. The van der Waals surface area contributed by atoms with Crippen LogP contribution >= 0.6 is 0 Å². The van der Waals surface area contributed by atoms with Gasteiger partial charge in [-0.2, -0.15) is 0 Å². The molecule has 0 saturated carbocycles. The van der Waals surface area contributed by atoms with Crippen molar-refractivity contribution >= 4 is 11.6 Å². The van der Waals surface area contributed by atoms with Gasteiger partial charge >= 0.3 is 0 Å². The van der Waals surface area contributed by atoms with Gasteiger partial charge in [0.15, 0.2) is 6.61 Å². The Balaban J connectivity index is 2.49. The van der Waals surface area contributed by atoms with Gasteiger partial charge in [0.05, 0.1) is 11.2 Å². The van der Waals surface area contributed by atoms with E-state index in [1.807, 2.05) is 38.1 Å². The summed E-state index contributed by atoms with van der Waals surface area (Å²) in [6, 6.07) is 7.52. The Morgan fingerprint density at radius 2 is 2.12 bits per heavy atom. The van der Waals surface area contributed by atoms with E-state index < -0.39 is 5.54 Å². The summed E-state index contributed by atoms with van der Waals surface area (Å²) >= 11 is 0. The highest BCUT2D eigenvalue weighted by atomic mass is 16.5. The number of carbonyl (C=O) groups is 1. The molecule has 1 aromatic carbocycles. The van der Waals surface area contributed by atoms with Crippen molar-refractivity contribution in [1.82, 2.24) is 0 Å². The van der Waals surface area contributed by atoms with E-state index in [0.717, 1.165) is 11.4 Å². The van der Waals surface area contributed by atoms with Gasteiger partial charge in [0, 0.05) is 6.54 Å². The van der Waals surface area contributed by atoms with E-state index in [1.165, 1.54) is 0 Å². The summed E-state index contributed by atoms with van der Waals surface area (Å²) in [4.78, 5) is 13.6. The minimum absolute atomic E-state index is 0.0471. The molecule has 1 heterocycles. The smallest absolute Gasteiger partial charge is 0.265 e. The van der Waals surface area contributed by atoms with Gasteiger partial charge in [0.2, 0.25) is 0 Å². The predicted molar refractivity (Wildman–Crippen MR) is 62.6 cm³/mol. The maximum atomic E-state index is 11.9. The zero-order valence-corrected chi connectivity index (χ0v) is 9.56. The molecule has 86 valence electrons. The van der Waals surface area contributed by atoms with E-state index >= 15 is 0 Å². The van der Waals surface area contributed by atoms with Crippen molar-refractivity contribution in [3.8, 4) is 5.75 Å². The summed E-state index contributed by atoms with van der Waals surface area (Å²) in [5, 5.41) is 0. The van der Waals surface area contributed by atoms with Crippen LogP contribution in [-0.2, 0) is 4.79 Å². The van der Waals surface area contributed by atoms with Crippen LogP contribution in [-0.4, -0.2) is 24.6 Å². The first kappa shape index (κ1) is 11.0. The third kappa shape index (κ3) is 1.65. The van der Waals surface area contributed by atoms with Crippen LogP contribution < -0.4 is 15.4 Å². The summed E-state index contributed by atoms with van der Waals surface area (Å²) in [5.74, 6) is 0.692. The standard InChI is InChI=1S/C12H16N2O2/c1-12(2,8-13)14-9-5-3-4-6-10(9)16-7-11(14)15/h3-6H,7-8,13H2,1-2H3. The number of amides is 1. The third-order valence-electron chi connectivity index (χ3n) is 2.81. The number of fused-ring (bicyclic) bond motifs is 1. The number of anilines is 1. The molecule has 0 aliphatic carbocycles. The van der Waals surface area contributed by atoms with Crippen molar-refractivity contribution in [1.29, 1.82) is 0 Å². The maximum absolute atomic E-state index is 11.9. The van der Waals surface area contributed by atoms with E-state index in [2.05, 4.69) is 0 Å². The van der Waals surface area contributed by atoms with E-state index in [4.69, 9.17) is 10.5 Å². The zero-order valence-electron chi connectivity index (χ0n) is 9.56. The van der Waals surface area contributed by atoms with Crippen LogP contribution in [0.2, 0.25) is 0 Å². The summed E-state index contributed by atoms with van der Waals surface area (Å²) in [6.45, 7) is 4.40. The van der Waals surface area contributed by atoms with Gasteiger partial charge in [-0.3, -0.25) is 9.69 Å². The van der Waals surface area contributed by atoms with Crippen LogP contribution in [0, 0.1) is 0 Å². The van der Waals surface area contributed by atoms with E-state index in [0.29, 0.717) is 6.54 Å². The minimum Gasteiger partial charge on any atom is -0.482 e. The highest BCUT2D eigenvalue weighted by Crippen LogP contribution is 2.35. The van der Waals surface area contributed by atoms with Crippen LogP contribution in [0.3, 0.4) is 0 Å². The molecule has 1 amide bonds. The highest BCUT2D eigenvalue weighted by Gasteiger charge is 2.35. The number of carbonyl (C=O) groups excluding carboxylic acids is 1. The van der Waals surface area contributed by atoms with E-state index in [1.54, 1.807) is 4.90 Å². The van der Waals surface area contributed by atoms with Crippen LogP contribution in [0.4, 0.5) is 5.69 Å². The molecule has 0 aromatic heterocycles. The number of nitrogens with two attached hydrogens (primary N) is 1. The van der Waals surface area contributed by atoms with E-state index in [-0.39, 0.29) is 12.5 Å². The second-order valence-corrected chi connectivity index (χ2v) is 4.50. The first-order valence-electron chi connectivity index (χ1n) is 5.31. The van der Waals surface area contributed by atoms with Gasteiger partial charge in [-0.1, -0.05) is 12.1 Å². The second-order valence-electron chi connectivity index (χ2n) is 4.50. The number of para-hydroxylation sites is 2. The normalized spacial score (nSPS) is 15.7. The number of rotatable bonds is 2. The lowest BCUT2D eigenvalue weighted by atomic mass is 10.0. The van der Waals surface area contributed by atoms with Crippen LogP contribution in [0.1, 0.15) is 13.8 Å². The first-order chi connectivity index (χ1) is 7.56. The number of hydrogen-bond acceptors (Lipinski definition) is 3. The molecule has 0 unspecified atom stereocenters. The second kappa shape index (κ2) is 3.79. The molecule has 16 heavy (non-hydrogen) atoms. The molecule has 0 saturated heterocycles. The molecule has 2 rings (SSSR count). The SMILES string of the molecule is CC(C)(CN)N1C(=O)COc2ccccc21. The summed E-state index contributed by atoms with van der Waals surface area (Å²) < 4.78 is 5.37. The Labute approximate surface area is 95.0 Å². The number of benzene rings is 1. The van der Waals surface area contributed by atoms with Crippen LogP contribution in [0.5, 0.6) is 5.75 Å². The lowest BCUT2D eigenvalue weighted by molar-refractivity contribution is -0.122. The molecule has 0 radical (unpaired) electrons. The van der Waals surface area contributed by atoms with Crippen molar-refractivity contribution in [2.75, 3.05) is 18.1 Å². The van der Waals surface area contributed by atoms with Crippen molar-refractivity contribution in [2.45, 2.75) is 19.4 Å². The van der Waals surface area contributed by atoms with Crippen molar-refractivity contribution in [3.05, 3.63) is 24.3 Å². The molecular weight excluding hydrogens is 204 g/mol. The largest absolute Gasteiger partial charge is 0.482 e. The fourth-order valence-corrected chi connectivity index (χ4v) is 1.86. The molecule has 2 N–H and O–H groups in total. The summed E-state index contributed by atoms with van der Waals surface area (Å²) in [7, 11) is 0. The maximum Gasteiger partial charge on any atom is 0.265 e. The molecular formula is C12H16N2O2. The molecule has 4 nitrogen and oxygen atoms in total. The monoisotopic (exact) mass is 220 g/mol. The Morgan fingerprint density at radius 3 is 2.81 bits per heavy atom. The zero-order chi connectivity index (χ0) is 11.8. The van der Waals surface area contributed by atoms with Crippen molar-refractivity contribution in [2.24, 2.45) is 5.73 Å². The molecule has 0 fully saturated rings. The molecule has 0 spiro atoms. The third-order valence-corrected chi connectivity index (χ3v) is 2.81. The Kier molecular flexibility index (Phi) is 2.59. The average Bonchev–Trinajstić information content (AvgIpc) is 2.28. The van der Waals surface area contributed by atoms with Gasteiger partial charge in [-0.05, 0) is 26.0 Å². The van der Waals surface area contributed by atoms with E-state index in [9.17, 15) is 4.79 Å². The first-order valence-corrected chi connectivity index (χ1v) is 5.31. The summed E-state index contributed by atoms with van der Waals surface area (Å²) in [6.07, 6.45) is 0. The topological polar surface area (TPSA) is 55.6 Å². The Bertz CT molecular complexity index is 415. The van der Waals surface area contributed by atoms with Crippen molar-refractivity contribution in [3.63, 3.8) is 0 Å². The predicted octanol–water partition coefficient (Wildman–Crippen LogP) is 1.15. The number of ether oxygens (including phenoxy) is 1. The minimum atomic E-state index is -0.392. The quantitative estimate of drug-likeness (QED) is 0.813. The van der Waals surface area contributed by atoms with Gasteiger partial charge < -0.3 is 10.5 Å². The molecule has 0 atom stereocenters. The molecule has 1 aliphatic rings. The van der Waals surface area contributed by atoms with Crippen LogP contribution in [0.15, 0.2) is 24.3 Å². The molecule has 4 heteroatoms. The average molecular weight is 220 g/mol. The fourth-order valence-electron chi connectivity index (χ4n) is 1.86.